The van der Waals surface area contributed by atoms with Crippen molar-refractivity contribution >= 4 is 44.2 Å². The summed E-state index contributed by atoms with van der Waals surface area (Å²) in [5.74, 6) is 1.72. The summed E-state index contributed by atoms with van der Waals surface area (Å²) in [5, 5.41) is 3.28. The van der Waals surface area contributed by atoms with Gasteiger partial charge in [0, 0.05) is 11.8 Å². The lowest BCUT2D eigenvalue weighted by Gasteiger charge is -2.08. The lowest BCUT2D eigenvalue weighted by atomic mass is 10.3. The molecule has 1 aromatic carbocycles. The SMILES string of the molecule is COc1cc(NCc2ccc(I)o2)ccc1Br. The van der Waals surface area contributed by atoms with Gasteiger partial charge in [0.25, 0.3) is 0 Å². The van der Waals surface area contributed by atoms with Crippen molar-refractivity contribution in [2.45, 2.75) is 6.54 Å². The van der Waals surface area contributed by atoms with Crippen LogP contribution in [0.4, 0.5) is 5.69 Å². The number of anilines is 1. The summed E-state index contributed by atoms with van der Waals surface area (Å²) in [5.41, 5.74) is 0.997. The van der Waals surface area contributed by atoms with Gasteiger partial charge in [-0.2, -0.15) is 0 Å². The molecule has 1 N–H and O–H groups in total. The fraction of sp³-hybridized carbons (Fsp3) is 0.167. The highest BCUT2D eigenvalue weighted by molar-refractivity contribution is 14.1. The van der Waals surface area contributed by atoms with Gasteiger partial charge in [0.15, 0.2) is 3.77 Å². The lowest BCUT2D eigenvalue weighted by Crippen LogP contribution is -1.98. The summed E-state index contributed by atoms with van der Waals surface area (Å²) in [7, 11) is 1.65. The van der Waals surface area contributed by atoms with Crippen LogP contribution >= 0.6 is 38.5 Å². The molecule has 0 atom stereocenters. The van der Waals surface area contributed by atoms with E-state index in [1.807, 2.05) is 30.3 Å². The maximum atomic E-state index is 5.47. The van der Waals surface area contributed by atoms with Crippen molar-refractivity contribution < 1.29 is 9.15 Å². The Hall–Kier alpha value is -0.690. The third-order valence-corrected chi connectivity index (χ3v) is 3.48. The van der Waals surface area contributed by atoms with Crippen LogP contribution < -0.4 is 10.1 Å². The van der Waals surface area contributed by atoms with Crippen molar-refractivity contribution in [2.75, 3.05) is 12.4 Å². The Kier molecular flexibility index (Phi) is 4.33. The van der Waals surface area contributed by atoms with Gasteiger partial charge in [0.1, 0.15) is 11.5 Å². The monoisotopic (exact) mass is 407 g/mol. The predicted octanol–water partition coefficient (Wildman–Crippen LogP) is 4.27. The van der Waals surface area contributed by atoms with E-state index in [4.69, 9.17) is 9.15 Å². The molecule has 3 nitrogen and oxygen atoms in total. The van der Waals surface area contributed by atoms with Crippen LogP contribution in [0, 0.1) is 3.77 Å². The average molecular weight is 408 g/mol. The number of benzene rings is 1. The molecule has 1 heterocycles. The number of methoxy groups -OCH3 is 1. The third-order valence-electron chi connectivity index (χ3n) is 2.25. The van der Waals surface area contributed by atoms with Crippen LogP contribution in [0.5, 0.6) is 5.75 Å². The minimum atomic E-state index is 0.661. The molecule has 0 aliphatic carbocycles. The first-order valence-corrected chi connectivity index (χ1v) is 6.88. The number of hydrogen-bond acceptors (Lipinski definition) is 3. The minimum absolute atomic E-state index is 0.661. The maximum Gasteiger partial charge on any atom is 0.164 e. The first-order chi connectivity index (χ1) is 8.19. The van der Waals surface area contributed by atoms with E-state index < -0.39 is 0 Å². The van der Waals surface area contributed by atoms with Crippen LogP contribution in [-0.2, 0) is 6.54 Å². The normalized spacial score (nSPS) is 10.3. The zero-order valence-corrected chi connectivity index (χ0v) is 12.9. The predicted molar refractivity (Wildman–Crippen MR) is 79.4 cm³/mol. The Morgan fingerprint density at radius 3 is 2.82 bits per heavy atom. The highest BCUT2D eigenvalue weighted by Gasteiger charge is 2.03. The molecule has 0 bridgehead atoms. The molecule has 0 aliphatic rings. The quantitative estimate of drug-likeness (QED) is 0.768. The molecule has 17 heavy (non-hydrogen) atoms. The van der Waals surface area contributed by atoms with Crippen molar-refractivity contribution in [1.82, 2.24) is 0 Å². The molecule has 0 radical (unpaired) electrons. The Morgan fingerprint density at radius 1 is 1.35 bits per heavy atom. The molecular weight excluding hydrogens is 397 g/mol. The number of nitrogens with one attached hydrogen (secondary N) is 1. The fourth-order valence-electron chi connectivity index (χ4n) is 1.41. The summed E-state index contributed by atoms with van der Waals surface area (Å²) < 4.78 is 12.5. The molecule has 0 saturated carbocycles. The fourth-order valence-corrected chi connectivity index (χ4v) is 2.28. The van der Waals surface area contributed by atoms with Gasteiger partial charge in [-0.3, -0.25) is 0 Å². The van der Waals surface area contributed by atoms with Crippen molar-refractivity contribution in [3.63, 3.8) is 0 Å². The molecule has 1 aromatic heterocycles. The van der Waals surface area contributed by atoms with Crippen LogP contribution in [0.25, 0.3) is 0 Å². The Bertz CT molecular complexity index is 513. The van der Waals surface area contributed by atoms with Crippen molar-refractivity contribution in [3.8, 4) is 5.75 Å². The Labute approximate surface area is 122 Å². The van der Waals surface area contributed by atoms with Gasteiger partial charge in [-0.1, -0.05) is 0 Å². The summed E-state index contributed by atoms with van der Waals surface area (Å²) in [6.07, 6.45) is 0. The van der Waals surface area contributed by atoms with E-state index in [1.165, 1.54) is 0 Å². The minimum Gasteiger partial charge on any atom is -0.495 e. The van der Waals surface area contributed by atoms with Crippen LogP contribution in [0.3, 0.4) is 0 Å². The summed E-state index contributed by atoms with van der Waals surface area (Å²) in [6, 6.07) is 9.79. The van der Waals surface area contributed by atoms with Gasteiger partial charge in [-0.25, -0.2) is 0 Å². The van der Waals surface area contributed by atoms with E-state index in [9.17, 15) is 0 Å². The molecule has 0 aliphatic heterocycles. The van der Waals surface area contributed by atoms with Crippen molar-refractivity contribution in [2.24, 2.45) is 0 Å². The Balaban J connectivity index is 2.04. The first kappa shape index (κ1) is 12.8. The highest BCUT2D eigenvalue weighted by atomic mass is 127. The van der Waals surface area contributed by atoms with Crippen LogP contribution in [0.2, 0.25) is 0 Å². The number of halogens is 2. The van der Waals surface area contributed by atoms with E-state index in [0.717, 1.165) is 25.4 Å². The van der Waals surface area contributed by atoms with E-state index in [1.54, 1.807) is 7.11 Å². The molecular formula is C12H11BrINO2. The molecule has 5 heteroatoms. The average Bonchev–Trinajstić information content (AvgIpc) is 2.74. The van der Waals surface area contributed by atoms with Gasteiger partial charge in [0.2, 0.25) is 0 Å². The molecule has 0 unspecified atom stereocenters. The Morgan fingerprint density at radius 2 is 2.18 bits per heavy atom. The van der Waals surface area contributed by atoms with Crippen molar-refractivity contribution in [3.05, 3.63) is 44.3 Å². The van der Waals surface area contributed by atoms with Crippen LogP contribution in [0.1, 0.15) is 5.76 Å². The van der Waals surface area contributed by atoms with Crippen LogP contribution in [-0.4, -0.2) is 7.11 Å². The second kappa shape index (κ2) is 5.77. The van der Waals surface area contributed by atoms with Gasteiger partial charge in [-0.05, 0) is 62.8 Å². The van der Waals surface area contributed by atoms with Crippen molar-refractivity contribution in [1.29, 1.82) is 0 Å². The maximum absolute atomic E-state index is 5.47. The number of rotatable bonds is 4. The summed E-state index contributed by atoms with van der Waals surface area (Å²) in [6.45, 7) is 0.661. The van der Waals surface area contributed by atoms with Gasteiger partial charge in [0.05, 0.1) is 18.1 Å². The molecule has 2 aromatic rings. The summed E-state index contributed by atoms with van der Waals surface area (Å²) in [4.78, 5) is 0. The smallest absolute Gasteiger partial charge is 0.164 e. The standard InChI is InChI=1S/C12H11BrINO2/c1-16-11-6-8(2-4-10(11)13)15-7-9-3-5-12(14)17-9/h2-6,15H,7H2,1H3. The highest BCUT2D eigenvalue weighted by Crippen LogP contribution is 2.28. The largest absolute Gasteiger partial charge is 0.495 e. The number of ether oxygens (including phenoxy) is 1. The van der Waals surface area contributed by atoms with E-state index in [-0.39, 0.29) is 0 Å². The topological polar surface area (TPSA) is 34.4 Å². The molecule has 2 rings (SSSR count). The second-order valence-electron chi connectivity index (χ2n) is 3.41. The van der Waals surface area contributed by atoms with Gasteiger partial charge >= 0.3 is 0 Å². The zero-order chi connectivity index (χ0) is 12.3. The van der Waals surface area contributed by atoms with Crippen LogP contribution in [0.15, 0.2) is 39.2 Å². The van der Waals surface area contributed by atoms with Gasteiger partial charge < -0.3 is 14.5 Å². The van der Waals surface area contributed by atoms with E-state index in [2.05, 4.69) is 43.8 Å². The first-order valence-electron chi connectivity index (χ1n) is 5.00. The zero-order valence-electron chi connectivity index (χ0n) is 9.17. The molecule has 0 saturated heterocycles. The third kappa shape index (κ3) is 3.38. The molecule has 0 amide bonds. The van der Waals surface area contributed by atoms with E-state index in [0.29, 0.717) is 6.54 Å². The van der Waals surface area contributed by atoms with Gasteiger partial charge in [-0.15, -0.1) is 0 Å². The number of hydrogen-bond donors (Lipinski definition) is 1. The lowest BCUT2D eigenvalue weighted by molar-refractivity contribution is 0.412. The molecule has 0 fully saturated rings. The molecule has 0 spiro atoms. The van der Waals surface area contributed by atoms with E-state index >= 15 is 0 Å². The summed E-state index contributed by atoms with van der Waals surface area (Å²) >= 11 is 5.57. The number of furan rings is 1. The molecule has 90 valence electrons. The second-order valence-corrected chi connectivity index (χ2v) is 5.33.